The molecule has 0 N–H and O–H groups in total. The van der Waals surface area contributed by atoms with Gasteiger partial charge >= 0.3 is 6.03 Å². The van der Waals surface area contributed by atoms with Crippen molar-refractivity contribution in [3.8, 4) is 0 Å². The fourth-order valence-electron chi connectivity index (χ4n) is 4.15. The molecular formula is C22H26FN3O3S. The molecule has 2 heterocycles. The molecule has 0 unspecified atom stereocenters. The number of carbonyl (C=O) groups excluding carboxylic acids is 1. The van der Waals surface area contributed by atoms with E-state index in [-0.39, 0.29) is 17.9 Å². The fourth-order valence-corrected chi connectivity index (χ4v) is 5.62. The first-order valence-electron chi connectivity index (χ1n) is 10.2. The lowest BCUT2D eigenvalue weighted by Gasteiger charge is -2.35. The van der Waals surface area contributed by atoms with Crippen molar-refractivity contribution in [2.45, 2.75) is 37.2 Å². The van der Waals surface area contributed by atoms with Crippen LogP contribution in [0.3, 0.4) is 0 Å². The Hall–Kier alpha value is -2.45. The van der Waals surface area contributed by atoms with E-state index in [1.807, 2.05) is 11.8 Å². The van der Waals surface area contributed by atoms with Crippen LogP contribution in [0.2, 0.25) is 0 Å². The lowest BCUT2D eigenvalue weighted by molar-refractivity contribution is 0.153. The smallest absolute Gasteiger partial charge is 0.320 e. The number of urea groups is 1. The number of hydrogen-bond acceptors (Lipinski definition) is 3. The zero-order valence-corrected chi connectivity index (χ0v) is 17.8. The van der Waals surface area contributed by atoms with Crippen molar-refractivity contribution in [3.05, 3.63) is 65.5 Å². The van der Waals surface area contributed by atoms with E-state index in [1.54, 1.807) is 41.3 Å². The van der Waals surface area contributed by atoms with E-state index in [1.165, 1.54) is 16.4 Å². The molecule has 160 valence electrons. The molecule has 2 aromatic carbocycles. The van der Waals surface area contributed by atoms with Gasteiger partial charge < -0.3 is 9.80 Å². The number of halogens is 1. The molecular weight excluding hydrogens is 405 g/mol. The van der Waals surface area contributed by atoms with E-state index >= 15 is 0 Å². The number of aryl methyl sites for hydroxylation is 1. The number of carbonyl (C=O) groups is 1. The van der Waals surface area contributed by atoms with E-state index in [0.717, 1.165) is 11.1 Å². The van der Waals surface area contributed by atoms with Gasteiger partial charge in [0.05, 0.1) is 4.90 Å². The topological polar surface area (TPSA) is 60.9 Å². The first-order valence-corrected chi connectivity index (χ1v) is 11.7. The fraction of sp³-hybridized carbons (Fsp3) is 0.409. The van der Waals surface area contributed by atoms with E-state index in [4.69, 9.17) is 0 Å². The van der Waals surface area contributed by atoms with Gasteiger partial charge in [-0.3, -0.25) is 0 Å². The summed E-state index contributed by atoms with van der Waals surface area (Å²) in [4.78, 5) is 16.8. The molecule has 2 fully saturated rings. The van der Waals surface area contributed by atoms with Gasteiger partial charge in [-0.25, -0.2) is 17.6 Å². The molecule has 2 aromatic rings. The van der Waals surface area contributed by atoms with Crippen molar-refractivity contribution in [3.63, 3.8) is 0 Å². The third kappa shape index (κ3) is 4.20. The van der Waals surface area contributed by atoms with Crippen molar-refractivity contribution in [1.29, 1.82) is 0 Å². The molecule has 6 nitrogen and oxygen atoms in total. The van der Waals surface area contributed by atoms with Gasteiger partial charge in [0.25, 0.3) is 0 Å². The predicted octanol–water partition coefficient (Wildman–Crippen LogP) is 3.23. The normalized spacial score (nSPS) is 18.9. The number of amides is 2. The maximum Gasteiger partial charge on any atom is 0.320 e. The molecule has 0 bridgehead atoms. The quantitative estimate of drug-likeness (QED) is 0.730. The highest BCUT2D eigenvalue weighted by atomic mass is 32.2. The Labute approximate surface area is 176 Å². The third-order valence-electron chi connectivity index (χ3n) is 5.94. The summed E-state index contributed by atoms with van der Waals surface area (Å²) >= 11 is 0. The van der Waals surface area contributed by atoms with Crippen molar-refractivity contribution in [2.75, 3.05) is 26.2 Å². The van der Waals surface area contributed by atoms with Crippen LogP contribution < -0.4 is 0 Å². The summed E-state index contributed by atoms with van der Waals surface area (Å²) in [5.74, 6) is -0.291. The summed E-state index contributed by atoms with van der Waals surface area (Å²) in [6, 6.07) is 13.1. The Morgan fingerprint density at radius 1 is 0.933 bits per heavy atom. The van der Waals surface area contributed by atoms with Crippen LogP contribution in [0, 0.1) is 12.7 Å². The Bertz CT molecular complexity index is 1000. The maximum atomic E-state index is 13.1. The molecule has 0 radical (unpaired) electrons. The minimum absolute atomic E-state index is 0.0285. The molecule has 2 saturated heterocycles. The number of hydrogen-bond donors (Lipinski definition) is 0. The van der Waals surface area contributed by atoms with Gasteiger partial charge in [-0.2, -0.15) is 4.31 Å². The third-order valence-corrected chi connectivity index (χ3v) is 7.85. The zero-order chi connectivity index (χ0) is 21.3. The van der Waals surface area contributed by atoms with Crippen molar-refractivity contribution in [2.24, 2.45) is 0 Å². The van der Waals surface area contributed by atoms with E-state index in [2.05, 4.69) is 0 Å². The molecule has 2 aliphatic rings. The SMILES string of the molecule is Cc1ccc(S(=O)(=O)N2CCC(N3CCN(Cc4ccc(F)cc4)C3=O)CC2)cc1. The Kier molecular flexibility index (Phi) is 5.79. The Balaban J connectivity index is 1.35. The number of rotatable bonds is 5. The summed E-state index contributed by atoms with van der Waals surface area (Å²) in [5, 5.41) is 0. The van der Waals surface area contributed by atoms with Crippen molar-refractivity contribution in [1.82, 2.24) is 14.1 Å². The van der Waals surface area contributed by atoms with Gasteiger partial charge in [-0.1, -0.05) is 29.8 Å². The van der Waals surface area contributed by atoms with E-state index < -0.39 is 10.0 Å². The average Bonchev–Trinajstić information content (AvgIpc) is 3.10. The molecule has 8 heteroatoms. The van der Waals surface area contributed by atoms with Crippen LogP contribution in [0.5, 0.6) is 0 Å². The highest BCUT2D eigenvalue weighted by Gasteiger charge is 2.37. The van der Waals surface area contributed by atoms with E-state index in [0.29, 0.717) is 50.5 Å². The minimum atomic E-state index is -3.51. The summed E-state index contributed by atoms with van der Waals surface area (Å²) in [7, 11) is -3.51. The highest BCUT2D eigenvalue weighted by molar-refractivity contribution is 7.89. The first-order chi connectivity index (χ1) is 14.3. The van der Waals surface area contributed by atoms with Crippen LogP contribution >= 0.6 is 0 Å². The summed E-state index contributed by atoms with van der Waals surface area (Å²) in [5.41, 5.74) is 1.91. The Morgan fingerprint density at radius 3 is 2.20 bits per heavy atom. The van der Waals surface area contributed by atoms with Crippen LogP contribution in [-0.2, 0) is 16.6 Å². The summed E-state index contributed by atoms with van der Waals surface area (Å²) in [6.07, 6.45) is 1.25. The van der Waals surface area contributed by atoms with Gasteiger partial charge in [-0.15, -0.1) is 0 Å². The average molecular weight is 432 g/mol. The molecule has 0 atom stereocenters. The lowest BCUT2D eigenvalue weighted by Crippen LogP contribution is -2.47. The largest absolute Gasteiger partial charge is 0.320 e. The van der Waals surface area contributed by atoms with Gasteiger partial charge in [0, 0.05) is 38.8 Å². The molecule has 0 aromatic heterocycles. The molecule has 0 saturated carbocycles. The maximum absolute atomic E-state index is 13.1. The summed E-state index contributed by atoms with van der Waals surface area (Å²) in [6.45, 7) is 4.45. The van der Waals surface area contributed by atoms with Crippen LogP contribution in [-0.4, -0.2) is 60.8 Å². The molecule has 2 amide bonds. The van der Waals surface area contributed by atoms with Gasteiger partial charge in [0.1, 0.15) is 5.82 Å². The molecule has 4 rings (SSSR count). The van der Waals surface area contributed by atoms with Crippen LogP contribution in [0.1, 0.15) is 24.0 Å². The molecule has 2 aliphatic heterocycles. The molecule has 0 aliphatic carbocycles. The minimum Gasteiger partial charge on any atom is -0.320 e. The monoisotopic (exact) mass is 431 g/mol. The Morgan fingerprint density at radius 2 is 1.57 bits per heavy atom. The van der Waals surface area contributed by atoms with E-state index in [9.17, 15) is 17.6 Å². The van der Waals surface area contributed by atoms with Crippen molar-refractivity contribution < 1.29 is 17.6 Å². The van der Waals surface area contributed by atoms with Crippen molar-refractivity contribution >= 4 is 16.1 Å². The van der Waals surface area contributed by atoms with Gasteiger partial charge in [0.2, 0.25) is 10.0 Å². The molecule has 30 heavy (non-hydrogen) atoms. The zero-order valence-electron chi connectivity index (χ0n) is 17.0. The second-order valence-electron chi connectivity index (χ2n) is 7.97. The summed E-state index contributed by atoms with van der Waals surface area (Å²) < 4.78 is 40.4. The predicted molar refractivity (Wildman–Crippen MR) is 112 cm³/mol. The highest BCUT2D eigenvalue weighted by Crippen LogP contribution is 2.26. The van der Waals surface area contributed by atoms with Crippen LogP contribution in [0.4, 0.5) is 9.18 Å². The second kappa shape index (κ2) is 8.35. The number of piperidine rings is 1. The van der Waals surface area contributed by atoms with Crippen LogP contribution in [0.15, 0.2) is 53.4 Å². The first kappa shape index (κ1) is 20.8. The number of benzene rings is 2. The van der Waals surface area contributed by atoms with Crippen LogP contribution in [0.25, 0.3) is 0 Å². The number of sulfonamides is 1. The second-order valence-corrected chi connectivity index (χ2v) is 9.91. The molecule has 0 spiro atoms. The number of nitrogens with zero attached hydrogens (tertiary/aromatic N) is 3. The van der Waals surface area contributed by atoms with Gasteiger partial charge in [0.15, 0.2) is 0 Å². The van der Waals surface area contributed by atoms with Gasteiger partial charge in [-0.05, 0) is 49.6 Å². The lowest BCUT2D eigenvalue weighted by atomic mass is 10.1. The standard InChI is InChI=1S/C22H26FN3O3S/c1-17-2-8-21(9-3-17)30(28,29)25-12-10-20(11-13-25)26-15-14-24(22(26)27)16-18-4-6-19(23)7-5-18/h2-9,20H,10-16H2,1H3.